The second-order valence-electron chi connectivity index (χ2n) is 3.50. The highest BCUT2D eigenvalue weighted by Gasteiger charge is 1.98. The fraction of sp³-hybridized carbons (Fsp3) is 0.364. The maximum absolute atomic E-state index is 4.53. The van der Waals surface area contributed by atoms with Gasteiger partial charge in [0.2, 0.25) is 0 Å². The van der Waals surface area contributed by atoms with E-state index in [1.165, 1.54) is 10.8 Å². The molecule has 1 aromatic carbocycles. The first-order chi connectivity index (χ1) is 6.27. The van der Waals surface area contributed by atoms with E-state index in [0.717, 1.165) is 18.4 Å². The second kappa shape index (κ2) is 3.21. The molecular formula is C11H14N2. The van der Waals surface area contributed by atoms with Gasteiger partial charge in [0.15, 0.2) is 0 Å². The van der Waals surface area contributed by atoms with Crippen LogP contribution in [0.15, 0.2) is 23.2 Å². The smallest absolute Gasteiger partial charge is 0.0664 e. The lowest BCUT2D eigenvalue weighted by molar-refractivity contribution is 0.511. The molecule has 2 nitrogen and oxygen atoms in total. The first kappa shape index (κ1) is 8.30. The van der Waals surface area contributed by atoms with Gasteiger partial charge in [-0.2, -0.15) is 0 Å². The predicted molar refractivity (Wildman–Crippen MR) is 53.9 cm³/mol. The van der Waals surface area contributed by atoms with Crippen LogP contribution in [0.1, 0.15) is 5.56 Å². The Morgan fingerprint density at radius 3 is 3.08 bits per heavy atom. The highest BCUT2D eigenvalue weighted by Crippen LogP contribution is 1.90. The zero-order valence-electron chi connectivity index (χ0n) is 8.12. The van der Waals surface area contributed by atoms with Crippen molar-refractivity contribution in [2.45, 2.75) is 6.92 Å². The Hall–Kier alpha value is -1.31. The molecular weight excluding hydrogens is 160 g/mol. The number of hydrogen-bond acceptors (Lipinski definition) is 2. The van der Waals surface area contributed by atoms with E-state index in [4.69, 9.17) is 0 Å². The van der Waals surface area contributed by atoms with E-state index in [-0.39, 0.29) is 0 Å². The summed E-state index contributed by atoms with van der Waals surface area (Å²) in [7, 11) is 2.09. The Kier molecular flexibility index (Phi) is 2.05. The number of benzene rings is 1. The van der Waals surface area contributed by atoms with E-state index in [2.05, 4.69) is 48.3 Å². The monoisotopic (exact) mass is 174 g/mol. The molecule has 0 unspecified atom stereocenters. The SMILES string of the molecule is Cc1cccc2c1=CN(C)CCN=2. The van der Waals surface area contributed by atoms with E-state index in [0.29, 0.717) is 0 Å². The molecule has 13 heavy (non-hydrogen) atoms. The van der Waals surface area contributed by atoms with E-state index >= 15 is 0 Å². The summed E-state index contributed by atoms with van der Waals surface area (Å²) in [5.74, 6) is 0. The summed E-state index contributed by atoms with van der Waals surface area (Å²) >= 11 is 0. The lowest BCUT2D eigenvalue weighted by Crippen LogP contribution is -2.28. The van der Waals surface area contributed by atoms with Gasteiger partial charge < -0.3 is 4.90 Å². The van der Waals surface area contributed by atoms with Crippen LogP contribution in [0.3, 0.4) is 0 Å². The molecule has 1 heterocycles. The highest BCUT2D eigenvalue weighted by atomic mass is 15.1. The van der Waals surface area contributed by atoms with Crippen LogP contribution in [0.4, 0.5) is 0 Å². The lowest BCUT2D eigenvalue weighted by Gasteiger charge is -2.09. The zero-order chi connectivity index (χ0) is 9.26. The van der Waals surface area contributed by atoms with Gasteiger partial charge >= 0.3 is 0 Å². The molecule has 1 aliphatic heterocycles. The number of nitrogens with zero attached hydrogens (tertiary/aromatic N) is 2. The molecule has 0 saturated carbocycles. The standard InChI is InChI=1S/C11H14N2/c1-9-4-3-5-11-10(9)8-13(2)7-6-12-11/h3-5,8H,6-7H2,1-2H3. The molecule has 2 rings (SSSR count). The third-order valence-electron chi connectivity index (χ3n) is 2.39. The fourth-order valence-electron chi connectivity index (χ4n) is 1.58. The van der Waals surface area contributed by atoms with Gasteiger partial charge in [0.05, 0.1) is 11.9 Å². The third-order valence-corrected chi connectivity index (χ3v) is 2.39. The summed E-state index contributed by atoms with van der Waals surface area (Å²) in [4.78, 5) is 6.72. The summed E-state index contributed by atoms with van der Waals surface area (Å²) in [6.07, 6.45) is 2.18. The summed E-state index contributed by atoms with van der Waals surface area (Å²) in [6.45, 7) is 4.03. The van der Waals surface area contributed by atoms with Gasteiger partial charge in [0, 0.05) is 25.0 Å². The Morgan fingerprint density at radius 1 is 1.38 bits per heavy atom. The van der Waals surface area contributed by atoms with E-state index in [1.807, 2.05) is 0 Å². The van der Waals surface area contributed by atoms with Crippen LogP contribution in [0.2, 0.25) is 0 Å². The first-order valence-electron chi connectivity index (χ1n) is 4.59. The topological polar surface area (TPSA) is 15.6 Å². The Bertz CT molecular complexity index is 420. The molecule has 0 fully saturated rings. The average Bonchev–Trinajstić information content (AvgIpc) is 2.28. The Labute approximate surface area is 78.2 Å². The molecule has 0 saturated heterocycles. The zero-order valence-corrected chi connectivity index (χ0v) is 8.12. The van der Waals surface area contributed by atoms with Crippen LogP contribution in [0.25, 0.3) is 6.20 Å². The summed E-state index contributed by atoms with van der Waals surface area (Å²) in [6, 6.07) is 6.28. The normalized spacial score (nSPS) is 15.4. The van der Waals surface area contributed by atoms with E-state index < -0.39 is 0 Å². The number of rotatable bonds is 0. The number of aryl methyl sites for hydroxylation is 1. The van der Waals surface area contributed by atoms with Crippen molar-refractivity contribution in [3.8, 4) is 0 Å². The molecule has 0 radical (unpaired) electrons. The Morgan fingerprint density at radius 2 is 2.23 bits per heavy atom. The largest absolute Gasteiger partial charge is 0.378 e. The van der Waals surface area contributed by atoms with E-state index in [1.54, 1.807) is 0 Å². The van der Waals surface area contributed by atoms with Crippen molar-refractivity contribution in [1.82, 2.24) is 4.90 Å². The molecule has 0 bridgehead atoms. The second-order valence-corrected chi connectivity index (χ2v) is 3.50. The van der Waals surface area contributed by atoms with Crippen LogP contribution in [0.5, 0.6) is 0 Å². The average molecular weight is 174 g/mol. The fourth-order valence-corrected chi connectivity index (χ4v) is 1.58. The minimum absolute atomic E-state index is 0.892. The van der Waals surface area contributed by atoms with Crippen LogP contribution in [0, 0.1) is 6.92 Å². The molecule has 0 N–H and O–H groups in total. The van der Waals surface area contributed by atoms with Crippen molar-refractivity contribution in [2.75, 3.05) is 20.1 Å². The maximum atomic E-state index is 4.53. The van der Waals surface area contributed by atoms with Gasteiger partial charge in [-0.05, 0) is 18.6 Å². The highest BCUT2D eigenvalue weighted by molar-refractivity contribution is 5.28. The number of hydrogen-bond donors (Lipinski definition) is 0. The number of likely N-dealkylation sites (N-methyl/N-ethyl adjacent to an activating group) is 1. The quantitative estimate of drug-likeness (QED) is 0.552. The van der Waals surface area contributed by atoms with Crippen molar-refractivity contribution >= 4 is 6.20 Å². The minimum atomic E-state index is 0.892. The van der Waals surface area contributed by atoms with Gasteiger partial charge in [0.25, 0.3) is 0 Å². The summed E-state index contributed by atoms with van der Waals surface area (Å²) in [5.41, 5.74) is 1.30. The van der Waals surface area contributed by atoms with Gasteiger partial charge in [-0.1, -0.05) is 12.1 Å². The maximum Gasteiger partial charge on any atom is 0.0664 e. The molecule has 0 amide bonds. The molecule has 1 aliphatic rings. The van der Waals surface area contributed by atoms with Crippen molar-refractivity contribution in [1.29, 1.82) is 0 Å². The van der Waals surface area contributed by atoms with Gasteiger partial charge in [-0.25, -0.2) is 0 Å². The third kappa shape index (κ3) is 1.57. The van der Waals surface area contributed by atoms with Crippen LogP contribution < -0.4 is 10.6 Å². The van der Waals surface area contributed by atoms with Crippen molar-refractivity contribution < 1.29 is 0 Å². The van der Waals surface area contributed by atoms with Crippen molar-refractivity contribution in [3.05, 3.63) is 34.3 Å². The lowest BCUT2D eigenvalue weighted by atomic mass is 10.2. The van der Waals surface area contributed by atoms with E-state index in [9.17, 15) is 0 Å². The van der Waals surface area contributed by atoms with Gasteiger partial charge in [-0.3, -0.25) is 4.99 Å². The van der Waals surface area contributed by atoms with Gasteiger partial charge in [-0.15, -0.1) is 0 Å². The summed E-state index contributed by atoms with van der Waals surface area (Å²) in [5, 5.41) is 2.40. The van der Waals surface area contributed by atoms with Crippen LogP contribution in [-0.2, 0) is 0 Å². The molecule has 0 atom stereocenters. The molecule has 0 aromatic heterocycles. The molecule has 0 spiro atoms. The van der Waals surface area contributed by atoms with Gasteiger partial charge in [0.1, 0.15) is 0 Å². The number of fused-ring (bicyclic) bond motifs is 1. The molecule has 2 heteroatoms. The first-order valence-corrected chi connectivity index (χ1v) is 4.59. The minimum Gasteiger partial charge on any atom is -0.378 e. The predicted octanol–water partition coefficient (Wildman–Crippen LogP) is 0.298. The molecule has 0 aliphatic carbocycles. The van der Waals surface area contributed by atoms with Crippen LogP contribution in [-0.4, -0.2) is 25.0 Å². The van der Waals surface area contributed by atoms with Crippen molar-refractivity contribution in [2.24, 2.45) is 4.99 Å². The summed E-state index contributed by atoms with van der Waals surface area (Å²) < 4.78 is 0. The Balaban J connectivity index is 2.76. The molecule has 1 aromatic rings. The van der Waals surface area contributed by atoms with Crippen molar-refractivity contribution in [3.63, 3.8) is 0 Å². The van der Waals surface area contributed by atoms with Crippen LogP contribution >= 0.6 is 0 Å². The molecule has 68 valence electrons.